The number of nitrogens with two attached hydrogens (primary N) is 1. The molecule has 0 saturated carbocycles. The summed E-state index contributed by atoms with van der Waals surface area (Å²) in [5.41, 5.74) is 6.18. The molecule has 1 atom stereocenters. The van der Waals surface area contributed by atoms with E-state index in [2.05, 4.69) is 0 Å². The summed E-state index contributed by atoms with van der Waals surface area (Å²) in [6.45, 7) is 2.18. The minimum Gasteiger partial charge on any atom is -0.486 e. The molecule has 0 aliphatic heterocycles. The summed E-state index contributed by atoms with van der Waals surface area (Å²) in [4.78, 5) is 11.5. The standard InChI is InChI=1S/C13H18ClNO3/c1-9-6-12(2-3-13(9)14)18-8-11(17)7-10(16)4-5-15/h2-3,6,10,16H,4-5,7-8,15H2,1H3. The SMILES string of the molecule is Cc1cc(OCC(=O)CC(O)CCN)ccc1Cl. The fourth-order valence-electron chi connectivity index (χ4n) is 1.49. The number of hydrogen-bond acceptors (Lipinski definition) is 4. The van der Waals surface area contributed by atoms with Crippen molar-refractivity contribution >= 4 is 17.4 Å². The van der Waals surface area contributed by atoms with Gasteiger partial charge in [-0.1, -0.05) is 11.6 Å². The number of aliphatic hydroxyl groups is 1. The minimum atomic E-state index is -0.682. The van der Waals surface area contributed by atoms with Crippen LogP contribution >= 0.6 is 11.6 Å². The van der Waals surface area contributed by atoms with Gasteiger partial charge in [-0.25, -0.2) is 0 Å². The molecule has 3 N–H and O–H groups in total. The Bertz CT molecular complexity index is 409. The van der Waals surface area contributed by atoms with Crippen LogP contribution in [0.2, 0.25) is 5.02 Å². The Morgan fingerprint density at radius 2 is 2.28 bits per heavy atom. The minimum absolute atomic E-state index is 0.0529. The van der Waals surface area contributed by atoms with Gasteiger partial charge < -0.3 is 15.6 Å². The van der Waals surface area contributed by atoms with E-state index in [0.29, 0.717) is 23.7 Å². The molecular formula is C13H18ClNO3. The smallest absolute Gasteiger partial charge is 0.172 e. The van der Waals surface area contributed by atoms with Crippen LogP contribution < -0.4 is 10.5 Å². The van der Waals surface area contributed by atoms with Crippen molar-refractivity contribution in [1.29, 1.82) is 0 Å². The number of aryl methyl sites for hydroxylation is 1. The van der Waals surface area contributed by atoms with Crippen LogP contribution in [-0.4, -0.2) is 30.1 Å². The number of Topliss-reactive ketones (excluding diaryl/α,β-unsaturated/α-hetero) is 1. The molecule has 100 valence electrons. The second-order valence-corrected chi connectivity index (χ2v) is 4.58. The van der Waals surface area contributed by atoms with Crippen molar-refractivity contribution in [2.24, 2.45) is 5.73 Å². The molecule has 0 amide bonds. The highest BCUT2D eigenvalue weighted by Crippen LogP contribution is 2.21. The van der Waals surface area contributed by atoms with Crippen LogP contribution in [0.1, 0.15) is 18.4 Å². The van der Waals surface area contributed by atoms with Gasteiger partial charge in [-0.2, -0.15) is 0 Å². The van der Waals surface area contributed by atoms with E-state index in [4.69, 9.17) is 22.1 Å². The second kappa shape index (κ2) is 7.36. The molecule has 5 heteroatoms. The monoisotopic (exact) mass is 271 g/mol. The van der Waals surface area contributed by atoms with Gasteiger partial charge in [0.25, 0.3) is 0 Å². The molecule has 1 unspecified atom stereocenters. The van der Waals surface area contributed by atoms with E-state index in [1.54, 1.807) is 18.2 Å². The Morgan fingerprint density at radius 3 is 2.89 bits per heavy atom. The lowest BCUT2D eigenvalue weighted by atomic mass is 10.1. The van der Waals surface area contributed by atoms with Gasteiger partial charge in [0.15, 0.2) is 5.78 Å². The average molecular weight is 272 g/mol. The van der Waals surface area contributed by atoms with E-state index in [-0.39, 0.29) is 18.8 Å². The zero-order chi connectivity index (χ0) is 13.5. The summed E-state index contributed by atoms with van der Waals surface area (Å²) in [6.07, 6.45) is -0.187. The van der Waals surface area contributed by atoms with E-state index in [0.717, 1.165) is 5.56 Å². The van der Waals surface area contributed by atoms with Gasteiger partial charge in [-0.15, -0.1) is 0 Å². The predicted molar refractivity (Wildman–Crippen MR) is 71.0 cm³/mol. The van der Waals surface area contributed by atoms with Crippen molar-refractivity contribution in [3.8, 4) is 5.75 Å². The van der Waals surface area contributed by atoms with E-state index in [1.165, 1.54) is 0 Å². The van der Waals surface area contributed by atoms with E-state index >= 15 is 0 Å². The van der Waals surface area contributed by atoms with Crippen LogP contribution in [0.5, 0.6) is 5.75 Å². The first kappa shape index (κ1) is 15.0. The lowest BCUT2D eigenvalue weighted by Gasteiger charge is -2.10. The lowest BCUT2D eigenvalue weighted by molar-refractivity contribution is -0.122. The Hall–Kier alpha value is -1.10. The number of hydrogen-bond donors (Lipinski definition) is 2. The molecule has 4 nitrogen and oxygen atoms in total. The first-order valence-corrected chi connectivity index (χ1v) is 6.19. The Balaban J connectivity index is 2.40. The predicted octanol–water partition coefficient (Wildman–Crippen LogP) is 1.70. The zero-order valence-corrected chi connectivity index (χ0v) is 11.1. The third-order valence-electron chi connectivity index (χ3n) is 2.49. The Kier molecular flexibility index (Phi) is 6.12. The molecule has 0 spiro atoms. The lowest BCUT2D eigenvalue weighted by Crippen LogP contribution is -2.21. The molecule has 1 rings (SSSR count). The van der Waals surface area contributed by atoms with Crippen molar-refractivity contribution in [2.75, 3.05) is 13.2 Å². The Morgan fingerprint density at radius 1 is 1.56 bits per heavy atom. The molecule has 0 aliphatic carbocycles. The summed E-state index contributed by atoms with van der Waals surface area (Å²) in [6, 6.07) is 5.20. The van der Waals surface area contributed by atoms with Gasteiger partial charge in [-0.3, -0.25) is 4.79 Å². The van der Waals surface area contributed by atoms with Gasteiger partial charge in [0.2, 0.25) is 0 Å². The molecule has 0 heterocycles. The normalized spacial score (nSPS) is 12.2. The summed E-state index contributed by atoms with van der Waals surface area (Å²) in [5.74, 6) is 0.446. The summed E-state index contributed by atoms with van der Waals surface area (Å²) < 4.78 is 5.33. The zero-order valence-electron chi connectivity index (χ0n) is 10.4. The third kappa shape index (κ3) is 5.04. The molecule has 0 saturated heterocycles. The van der Waals surface area contributed by atoms with E-state index < -0.39 is 6.10 Å². The molecule has 1 aromatic rings. The van der Waals surface area contributed by atoms with Gasteiger partial charge in [-0.05, 0) is 43.7 Å². The van der Waals surface area contributed by atoms with Crippen molar-refractivity contribution in [2.45, 2.75) is 25.9 Å². The molecular weight excluding hydrogens is 254 g/mol. The van der Waals surface area contributed by atoms with Crippen molar-refractivity contribution in [1.82, 2.24) is 0 Å². The van der Waals surface area contributed by atoms with Gasteiger partial charge in [0.1, 0.15) is 12.4 Å². The van der Waals surface area contributed by atoms with Crippen LogP contribution in [0, 0.1) is 6.92 Å². The van der Waals surface area contributed by atoms with Gasteiger partial charge in [0, 0.05) is 11.4 Å². The fourth-order valence-corrected chi connectivity index (χ4v) is 1.60. The second-order valence-electron chi connectivity index (χ2n) is 4.17. The number of benzene rings is 1. The number of ether oxygens (including phenoxy) is 1. The number of carbonyl (C=O) groups is 1. The topological polar surface area (TPSA) is 72.5 Å². The summed E-state index contributed by atoms with van der Waals surface area (Å²) in [5, 5.41) is 10.1. The van der Waals surface area contributed by atoms with Crippen molar-refractivity contribution < 1.29 is 14.6 Å². The maximum atomic E-state index is 11.5. The Labute approximate surface area is 112 Å². The highest BCUT2D eigenvalue weighted by Gasteiger charge is 2.11. The van der Waals surface area contributed by atoms with Gasteiger partial charge >= 0.3 is 0 Å². The van der Waals surface area contributed by atoms with Crippen LogP contribution in [0.3, 0.4) is 0 Å². The van der Waals surface area contributed by atoms with E-state index in [9.17, 15) is 9.90 Å². The number of carbonyl (C=O) groups excluding carboxylic acids is 1. The van der Waals surface area contributed by atoms with Crippen molar-refractivity contribution in [3.63, 3.8) is 0 Å². The molecule has 0 fully saturated rings. The quantitative estimate of drug-likeness (QED) is 0.792. The number of halogens is 1. The number of aliphatic hydroxyl groups excluding tert-OH is 1. The first-order valence-electron chi connectivity index (χ1n) is 5.81. The van der Waals surface area contributed by atoms with Gasteiger partial charge in [0.05, 0.1) is 6.10 Å². The number of ketones is 1. The third-order valence-corrected chi connectivity index (χ3v) is 2.92. The highest BCUT2D eigenvalue weighted by atomic mass is 35.5. The molecule has 1 aromatic carbocycles. The fraction of sp³-hybridized carbons (Fsp3) is 0.462. The maximum Gasteiger partial charge on any atom is 0.172 e. The maximum absolute atomic E-state index is 11.5. The first-order chi connectivity index (χ1) is 8.52. The molecule has 0 radical (unpaired) electrons. The molecule has 0 aliphatic rings. The van der Waals surface area contributed by atoms with Crippen LogP contribution in [0.15, 0.2) is 18.2 Å². The number of rotatable bonds is 7. The average Bonchev–Trinajstić information content (AvgIpc) is 2.31. The van der Waals surface area contributed by atoms with Crippen LogP contribution in [0.25, 0.3) is 0 Å². The highest BCUT2D eigenvalue weighted by molar-refractivity contribution is 6.31. The molecule has 0 aromatic heterocycles. The molecule has 18 heavy (non-hydrogen) atoms. The summed E-state index contributed by atoms with van der Waals surface area (Å²) >= 11 is 5.88. The van der Waals surface area contributed by atoms with Crippen molar-refractivity contribution in [3.05, 3.63) is 28.8 Å². The van der Waals surface area contributed by atoms with Crippen LogP contribution in [-0.2, 0) is 4.79 Å². The molecule has 0 bridgehead atoms. The summed E-state index contributed by atoms with van der Waals surface area (Å²) in [7, 11) is 0. The van der Waals surface area contributed by atoms with Crippen LogP contribution in [0.4, 0.5) is 0 Å². The van der Waals surface area contributed by atoms with E-state index in [1.807, 2.05) is 6.92 Å². The largest absolute Gasteiger partial charge is 0.486 e.